The lowest BCUT2D eigenvalue weighted by Crippen LogP contribution is -2.17. The van der Waals surface area contributed by atoms with Crippen molar-refractivity contribution in [3.8, 4) is 5.75 Å². The number of anilines is 3. The summed E-state index contributed by atoms with van der Waals surface area (Å²) in [5.41, 5.74) is 6.50. The number of carbonyl (C=O) groups is 2. The summed E-state index contributed by atoms with van der Waals surface area (Å²) in [4.78, 5) is 38.1. The Bertz CT molecular complexity index is 1380. The third-order valence-electron chi connectivity index (χ3n) is 4.72. The van der Waals surface area contributed by atoms with Crippen LogP contribution in [0.15, 0.2) is 55.0 Å². The smallest absolute Gasteiger partial charge is 0.258 e. The number of nitrogens with one attached hydrogen (secondary N) is 2. The van der Waals surface area contributed by atoms with Gasteiger partial charge in [-0.3, -0.25) is 9.59 Å². The molecule has 11 heteroatoms. The molecule has 0 fully saturated rings. The molecule has 166 valence electrons. The fraction of sp³-hybridized carbons (Fsp3) is 0.0455. The van der Waals surface area contributed by atoms with E-state index in [1.807, 2.05) is 0 Å². The van der Waals surface area contributed by atoms with Crippen molar-refractivity contribution in [1.82, 2.24) is 15.0 Å². The van der Waals surface area contributed by atoms with Gasteiger partial charge in [0.2, 0.25) is 0 Å². The Morgan fingerprint density at radius 3 is 2.45 bits per heavy atom. The second kappa shape index (κ2) is 9.27. The van der Waals surface area contributed by atoms with Crippen LogP contribution in [0, 0.1) is 0 Å². The summed E-state index contributed by atoms with van der Waals surface area (Å²) >= 11 is 12.9. The molecule has 4 rings (SSSR count). The van der Waals surface area contributed by atoms with Crippen LogP contribution in [-0.2, 0) is 0 Å². The van der Waals surface area contributed by atoms with Gasteiger partial charge < -0.3 is 21.1 Å². The van der Waals surface area contributed by atoms with Crippen molar-refractivity contribution in [1.29, 1.82) is 0 Å². The maximum absolute atomic E-state index is 13.1. The number of benzene rings is 2. The average Bonchev–Trinajstić information content (AvgIpc) is 2.82. The molecule has 0 aliphatic carbocycles. The summed E-state index contributed by atoms with van der Waals surface area (Å²) in [7, 11) is 1.38. The monoisotopic (exact) mass is 482 g/mol. The van der Waals surface area contributed by atoms with Crippen molar-refractivity contribution in [2.45, 2.75) is 0 Å². The van der Waals surface area contributed by atoms with E-state index in [1.54, 1.807) is 36.4 Å². The van der Waals surface area contributed by atoms with Gasteiger partial charge in [0.1, 0.15) is 28.7 Å². The first-order valence-electron chi connectivity index (χ1n) is 9.49. The number of nitrogens with zero attached hydrogens (tertiary/aromatic N) is 3. The van der Waals surface area contributed by atoms with Gasteiger partial charge in [0.25, 0.3) is 11.8 Å². The zero-order valence-corrected chi connectivity index (χ0v) is 18.6. The molecule has 0 aliphatic heterocycles. The van der Waals surface area contributed by atoms with E-state index < -0.39 is 11.8 Å². The fourth-order valence-corrected chi connectivity index (χ4v) is 3.73. The summed E-state index contributed by atoms with van der Waals surface area (Å²) in [6.45, 7) is 0. The molecule has 0 aliphatic rings. The molecule has 0 spiro atoms. The lowest BCUT2D eigenvalue weighted by atomic mass is 10.1. The molecule has 4 N–H and O–H groups in total. The molecular weight excluding hydrogens is 467 g/mol. The summed E-state index contributed by atoms with van der Waals surface area (Å²) in [6, 6.07) is 11.4. The van der Waals surface area contributed by atoms with E-state index >= 15 is 0 Å². The maximum Gasteiger partial charge on any atom is 0.258 e. The zero-order chi connectivity index (χ0) is 23.5. The number of ether oxygens (including phenoxy) is 1. The number of pyridine rings is 1. The van der Waals surface area contributed by atoms with E-state index in [2.05, 4.69) is 25.6 Å². The van der Waals surface area contributed by atoms with Gasteiger partial charge in [-0.15, -0.1) is 0 Å². The molecule has 0 radical (unpaired) electrons. The Labute approximate surface area is 197 Å². The Morgan fingerprint density at radius 2 is 1.73 bits per heavy atom. The molecule has 2 aromatic heterocycles. The minimum absolute atomic E-state index is 0.00730. The number of aromatic nitrogens is 3. The second-order valence-corrected chi connectivity index (χ2v) is 7.47. The molecule has 0 unspecified atom stereocenters. The predicted molar refractivity (Wildman–Crippen MR) is 127 cm³/mol. The molecule has 2 aromatic carbocycles. The van der Waals surface area contributed by atoms with E-state index in [0.29, 0.717) is 16.7 Å². The van der Waals surface area contributed by atoms with Crippen LogP contribution >= 0.6 is 23.2 Å². The fourth-order valence-electron chi connectivity index (χ4n) is 3.13. The van der Waals surface area contributed by atoms with Gasteiger partial charge >= 0.3 is 0 Å². The quantitative estimate of drug-likeness (QED) is 0.383. The molecule has 2 amide bonds. The van der Waals surface area contributed by atoms with Gasteiger partial charge in [-0.25, -0.2) is 15.0 Å². The highest BCUT2D eigenvalue weighted by atomic mass is 35.5. The average molecular weight is 483 g/mol. The third-order valence-corrected chi connectivity index (χ3v) is 5.48. The first-order chi connectivity index (χ1) is 15.9. The Morgan fingerprint density at radius 1 is 0.939 bits per heavy atom. The van der Waals surface area contributed by atoms with Crippen molar-refractivity contribution in [3.63, 3.8) is 0 Å². The van der Waals surface area contributed by atoms with Crippen molar-refractivity contribution in [2.75, 3.05) is 23.5 Å². The SMILES string of the molecule is COc1cc(C(=O)Nc2ccccn2)c(Cl)c(NC(=O)c2cccc3c(N)ncnc23)c1Cl. The number of halogens is 2. The summed E-state index contributed by atoms with van der Waals surface area (Å²) in [5, 5.41) is 5.77. The molecule has 0 bridgehead atoms. The van der Waals surface area contributed by atoms with Gasteiger partial charge in [0, 0.05) is 11.6 Å². The highest BCUT2D eigenvalue weighted by Crippen LogP contribution is 2.41. The molecule has 0 saturated heterocycles. The number of nitrogen functional groups attached to an aromatic ring is 1. The van der Waals surface area contributed by atoms with Crippen LogP contribution in [0.5, 0.6) is 5.75 Å². The summed E-state index contributed by atoms with van der Waals surface area (Å²) in [5.74, 6) is -0.416. The van der Waals surface area contributed by atoms with E-state index in [4.69, 9.17) is 33.7 Å². The number of hydrogen-bond donors (Lipinski definition) is 3. The predicted octanol–water partition coefficient (Wildman–Crippen LogP) is 4.43. The molecule has 0 atom stereocenters. The number of fused-ring (bicyclic) bond motifs is 1. The standard InChI is InChI=1S/C22H16Cl2N6O3/c1-33-14-9-13(22(32)29-15-7-2-3-8-26-15)16(23)19(17(14)24)30-21(31)12-6-4-5-11-18(12)27-10-28-20(11)25/h2-10H,1H3,(H,30,31)(H2,25,27,28)(H,26,29,32). The van der Waals surface area contributed by atoms with Gasteiger partial charge in [-0.2, -0.15) is 0 Å². The van der Waals surface area contributed by atoms with Crippen molar-refractivity contribution in [3.05, 3.63) is 76.2 Å². The molecule has 0 saturated carbocycles. The normalized spacial score (nSPS) is 10.6. The van der Waals surface area contributed by atoms with E-state index in [0.717, 1.165) is 0 Å². The minimum atomic E-state index is -0.563. The number of hydrogen-bond acceptors (Lipinski definition) is 7. The molecule has 2 heterocycles. The highest BCUT2D eigenvalue weighted by Gasteiger charge is 2.24. The van der Waals surface area contributed by atoms with E-state index in [-0.39, 0.29) is 38.4 Å². The van der Waals surface area contributed by atoms with Crippen molar-refractivity contribution in [2.24, 2.45) is 0 Å². The topological polar surface area (TPSA) is 132 Å². The number of carbonyl (C=O) groups excluding carboxylic acids is 2. The lowest BCUT2D eigenvalue weighted by molar-refractivity contribution is 0.101. The van der Waals surface area contributed by atoms with Crippen LogP contribution in [0.2, 0.25) is 10.0 Å². The van der Waals surface area contributed by atoms with Crippen LogP contribution < -0.4 is 21.1 Å². The molecule has 4 aromatic rings. The number of amides is 2. The van der Waals surface area contributed by atoms with E-state index in [9.17, 15) is 9.59 Å². The summed E-state index contributed by atoms with van der Waals surface area (Å²) in [6.07, 6.45) is 2.80. The van der Waals surface area contributed by atoms with E-state index in [1.165, 1.54) is 25.7 Å². The minimum Gasteiger partial charge on any atom is -0.495 e. The van der Waals surface area contributed by atoms with Crippen LogP contribution in [0.1, 0.15) is 20.7 Å². The van der Waals surface area contributed by atoms with Crippen molar-refractivity contribution < 1.29 is 14.3 Å². The van der Waals surface area contributed by atoms with Crippen LogP contribution in [0.25, 0.3) is 10.9 Å². The zero-order valence-electron chi connectivity index (χ0n) is 17.1. The number of rotatable bonds is 5. The third kappa shape index (κ3) is 4.36. The van der Waals surface area contributed by atoms with Gasteiger partial charge in [0.15, 0.2) is 0 Å². The lowest BCUT2D eigenvalue weighted by Gasteiger charge is -2.16. The summed E-state index contributed by atoms with van der Waals surface area (Å²) < 4.78 is 5.28. The molecule has 9 nitrogen and oxygen atoms in total. The maximum atomic E-state index is 13.1. The largest absolute Gasteiger partial charge is 0.495 e. The number of methoxy groups -OCH3 is 1. The Balaban J connectivity index is 1.73. The number of para-hydroxylation sites is 1. The van der Waals surface area contributed by atoms with Gasteiger partial charge in [0.05, 0.1) is 34.5 Å². The van der Waals surface area contributed by atoms with Crippen LogP contribution in [0.4, 0.5) is 17.3 Å². The van der Waals surface area contributed by atoms with Crippen LogP contribution in [0.3, 0.4) is 0 Å². The Kier molecular flexibility index (Phi) is 6.25. The highest BCUT2D eigenvalue weighted by molar-refractivity contribution is 6.43. The second-order valence-electron chi connectivity index (χ2n) is 6.71. The van der Waals surface area contributed by atoms with Crippen LogP contribution in [-0.4, -0.2) is 33.9 Å². The Hall–Kier alpha value is -3.95. The number of nitrogens with two attached hydrogens (primary N) is 1. The van der Waals surface area contributed by atoms with Gasteiger partial charge in [-0.1, -0.05) is 35.3 Å². The first-order valence-corrected chi connectivity index (χ1v) is 10.2. The van der Waals surface area contributed by atoms with Gasteiger partial charge in [-0.05, 0) is 30.3 Å². The molecule has 33 heavy (non-hydrogen) atoms. The first kappa shape index (κ1) is 22.3. The van der Waals surface area contributed by atoms with Crippen molar-refractivity contribution >= 4 is 63.2 Å². The molecular formula is C22H16Cl2N6O3.